The first-order valence-electron chi connectivity index (χ1n) is 8.95. The van der Waals surface area contributed by atoms with E-state index in [1.807, 2.05) is 24.3 Å². The van der Waals surface area contributed by atoms with Gasteiger partial charge in [0.25, 0.3) is 5.22 Å². The van der Waals surface area contributed by atoms with Crippen LogP contribution in [0.25, 0.3) is 11.5 Å². The van der Waals surface area contributed by atoms with E-state index in [4.69, 9.17) is 9.15 Å². The molecule has 0 bridgehead atoms. The van der Waals surface area contributed by atoms with E-state index in [0.29, 0.717) is 28.2 Å². The smallest absolute Gasteiger partial charge is 0.276 e. The summed E-state index contributed by atoms with van der Waals surface area (Å²) in [5.41, 5.74) is 1.96. The number of rotatable bonds is 7. The average molecular weight is 402 g/mol. The molecule has 1 aromatic heterocycles. The molecule has 1 N–H and O–H groups in total. The standard InChI is InChI=1S/C21H23FN2O3S/c1-21(2,3)15-6-10-18(11-7-15)26-12-17(25)13-28-20-24-23-19(27-20)14-4-8-16(22)9-5-14/h4-11,17,25H,12-13H2,1-3H3/t17-/m0/s1. The number of halogens is 1. The van der Waals surface area contributed by atoms with Gasteiger partial charge >= 0.3 is 0 Å². The van der Waals surface area contributed by atoms with Gasteiger partial charge in [-0.2, -0.15) is 0 Å². The van der Waals surface area contributed by atoms with Gasteiger partial charge in [-0.3, -0.25) is 0 Å². The summed E-state index contributed by atoms with van der Waals surface area (Å²) >= 11 is 1.24. The van der Waals surface area contributed by atoms with Crippen LogP contribution in [0, 0.1) is 5.82 Å². The second kappa shape index (κ2) is 8.75. The van der Waals surface area contributed by atoms with E-state index in [1.165, 1.54) is 29.5 Å². The molecule has 148 valence electrons. The summed E-state index contributed by atoms with van der Waals surface area (Å²) in [6.07, 6.45) is -0.687. The van der Waals surface area contributed by atoms with Crippen LogP contribution in [0.2, 0.25) is 0 Å². The van der Waals surface area contributed by atoms with E-state index in [9.17, 15) is 9.50 Å². The summed E-state index contributed by atoms with van der Waals surface area (Å²) in [7, 11) is 0. The van der Waals surface area contributed by atoms with Gasteiger partial charge in [0.2, 0.25) is 5.89 Å². The van der Waals surface area contributed by atoms with Gasteiger partial charge in [0.05, 0.1) is 6.10 Å². The van der Waals surface area contributed by atoms with Crippen LogP contribution in [0.15, 0.2) is 58.2 Å². The van der Waals surface area contributed by atoms with Gasteiger partial charge in [0.15, 0.2) is 0 Å². The lowest BCUT2D eigenvalue weighted by Gasteiger charge is -2.19. The molecule has 5 nitrogen and oxygen atoms in total. The highest BCUT2D eigenvalue weighted by molar-refractivity contribution is 7.99. The number of aliphatic hydroxyl groups excluding tert-OH is 1. The van der Waals surface area contributed by atoms with Crippen LogP contribution in [0.1, 0.15) is 26.3 Å². The maximum Gasteiger partial charge on any atom is 0.276 e. The molecule has 0 saturated heterocycles. The van der Waals surface area contributed by atoms with Crippen molar-refractivity contribution in [2.75, 3.05) is 12.4 Å². The van der Waals surface area contributed by atoms with Crippen molar-refractivity contribution in [2.24, 2.45) is 0 Å². The minimum absolute atomic E-state index is 0.0888. The van der Waals surface area contributed by atoms with Crippen molar-refractivity contribution in [3.8, 4) is 17.2 Å². The molecule has 7 heteroatoms. The number of benzene rings is 2. The van der Waals surface area contributed by atoms with Crippen molar-refractivity contribution in [3.63, 3.8) is 0 Å². The number of nitrogens with zero attached hydrogens (tertiary/aromatic N) is 2. The molecule has 0 aliphatic carbocycles. The molecule has 0 fully saturated rings. The Hall–Kier alpha value is -2.38. The molecule has 0 amide bonds. The van der Waals surface area contributed by atoms with Crippen LogP contribution in [0.3, 0.4) is 0 Å². The first-order chi connectivity index (χ1) is 13.3. The van der Waals surface area contributed by atoms with E-state index in [1.54, 1.807) is 12.1 Å². The molecule has 1 atom stereocenters. The summed E-state index contributed by atoms with van der Waals surface area (Å²) in [4.78, 5) is 0. The van der Waals surface area contributed by atoms with Gasteiger partial charge in [-0.05, 0) is 47.4 Å². The molecule has 0 saturated carbocycles. The molecular formula is C21H23FN2O3S. The van der Waals surface area contributed by atoms with Gasteiger partial charge in [-0.15, -0.1) is 10.2 Å². The van der Waals surface area contributed by atoms with E-state index in [2.05, 4.69) is 31.0 Å². The number of ether oxygens (including phenoxy) is 1. The molecular weight excluding hydrogens is 379 g/mol. The molecule has 2 aromatic carbocycles. The van der Waals surface area contributed by atoms with E-state index in [0.717, 1.165) is 0 Å². The molecule has 0 spiro atoms. The molecule has 1 heterocycles. The van der Waals surface area contributed by atoms with E-state index >= 15 is 0 Å². The van der Waals surface area contributed by atoms with Crippen molar-refractivity contribution in [3.05, 3.63) is 59.9 Å². The van der Waals surface area contributed by atoms with Gasteiger partial charge < -0.3 is 14.3 Å². The third-order valence-corrected chi connectivity index (χ3v) is 5.02. The predicted octanol–water partition coefficient (Wildman–Crippen LogP) is 4.71. The maximum absolute atomic E-state index is 13.0. The highest BCUT2D eigenvalue weighted by atomic mass is 32.2. The van der Waals surface area contributed by atoms with E-state index in [-0.39, 0.29) is 17.8 Å². The summed E-state index contributed by atoms with van der Waals surface area (Å²) in [5, 5.41) is 18.4. The maximum atomic E-state index is 13.0. The molecule has 0 radical (unpaired) electrons. The Kier molecular flexibility index (Phi) is 6.36. The van der Waals surface area contributed by atoms with E-state index < -0.39 is 6.10 Å². The quantitative estimate of drug-likeness (QED) is 0.578. The number of aromatic nitrogens is 2. The van der Waals surface area contributed by atoms with Crippen LogP contribution in [0.4, 0.5) is 4.39 Å². The highest BCUT2D eigenvalue weighted by Gasteiger charge is 2.14. The van der Waals surface area contributed by atoms with Gasteiger partial charge in [-0.1, -0.05) is 44.7 Å². The summed E-state index contributed by atoms with van der Waals surface area (Å²) < 4.78 is 24.2. The Morgan fingerprint density at radius 2 is 1.75 bits per heavy atom. The van der Waals surface area contributed by atoms with Crippen LogP contribution in [-0.4, -0.2) is 33.8 Å². The first-order valence-corrected chi connectivity index (χ1v) is 9.93. The van der Waals surface area contributed by atoms with Gasteiger partial charge in [0.1, 0.15) is 18.2 Å². The molecule has 28 heavy (non-hydrogen) atoms. The molecule has 0 aliphatic rings. The number of hydrogen-bond donors (Lipinski definition) is 1. The molecule has 0 unspecified atom stereocenters. The molecule has 0 aliphatic heterocycles. The van der Waals surface area contributed by atoms with Crippen molar-refractivity contribution in [1.82, 2.24) is 10.2 Å². The van der Waals surface area contributed by atoms with Crippen molar-refractivity contribution in [1.29, 1.82) is 0 Å². The second-order valence-electron chi connectivity index (χ2n) is 7.43. The fraction of sp³-hybridized carbons (Fsp3) is 0.333. The van der Waals surface area contributed by atoms with Crippen LogP contribution in [-0.2, 0) is 5.41 Å². The second-order valence-corrected chi connectivity index (χ2v) is 8.40. The number of thioether (sulfide) groups is 1. The fourth-order valence-electron chi connectivity index (χ4n) is 2.44. The molecule has 3 rings (SSSR count). The third-order valence-electron chi connectivity index (χ3n) is 4.06. The SMILES string of the molecule is CC(C)(C)c1ccc(OC[C@H](O)CSc2nnc(-c3ccc(F)cc3)o2)cc1. The Balaban J connectivity index is 1.47. The van der Waals surface area contributed by atoms with Crippen LogP contribution < -0.4 is 4.74 Å². The van der Waals surface area contributed by atoms with Crippen LogP contribution >= 0.6 is 11.8 Å². The minimum atomic E-state index is -0.687. The van der Waals surface area contributed by atoms with Crippen molar-refractivity contribution >= 4 is 11.8 Å². The summed E-state index contributed by atoms with van der Waals surface area (Å²) in [5.74, 6) is 1.06. The fourth-order valence-corrected chi connectivity index (χ4v) is 3.10. The lowest BCUT2D eigenvalue weighted by Crippen LogP contribution is -2.20. The largest absolute Gasteiger partial charge is 0.491 e. The van der Waals surface area contributed by atoms with Gasteiger partial charge in [-0.25, -0.2) is 4.39 Å². The predicted molar refractivity (Wildman–Crippen MR) is 107 cm³/mol. The highest BCUT2D eigenvalue weighted by Crippen LogP contribution is 2.25. The zero-order chi connectivity index (χ0) is 20.1. The zero-order valence-corrected chi connectivity index (χ0v) is 16.9. The van der Waals surface area contributed by atoms with Gasteiger partial charge in [0, 0.05) is 11.3 Å². The average Bonchev–Trinajstić information content (AvgIpc) is 3.14. The lowest BCUT2D eigenvalue weighted by molar-refractivity contribution is 0.126. The minimum Gasteiger partial charge on any atom is -0.491 e. The molecule has 3 aromatic rings. The monoisotopic (exact) mass is 402 g/mol. The van der Waals surface area contributed by atoms with Crippen LogP contribution in [0.5, 0.6) is 5.75 Å². The van der Waals surface area contributed by atoms with Crippen molar-refractivity contribution < 1.29 is 18.7 Å². The first kappa shape index (κ1) is 20.4. The lowest BCUT2D eigenvalue weighted by atomic mass is 9.87. The summed E-state index contributed by atoms with van der Waals surface area (Å²) in [6.45, 7) is 6.63. The Bertz CT molecular complexity index is 889. The Morgan fingerprint density at radius 3 is 2.39 bits per heavy atom. The number of hydrogen-bond acceptors (Lipinski definition) is 6. The summed E-state index contributed by atoms with van der Waals surface area (Å²) in [6, 6.07) is 13.7. The normalized spacial score (nSPS) is 12.8. The topological polar surface area (TPSA) is 68.4 Å². The third kappa shape index (κ3) is 5.56. The zero-order valence-electron chi connectivity index (χ0n) is 16.1. The Labute approximate surface area is 167 Å². The Morgan fingerprint density at radius 1 is 1.07 bits per heavy atom. The van der Waals surface area contributed by atoms with Crippen molar-refractivity contribution in [2.45, 2.75) is 37.5 Å². The number of aliphatic hydroxyl groups is 1.